The van der Waals surface area contributed by atoms with Gasteiger partial charge in [-0.3, -0.25) is 4.79 Å². The summed E-state index contributed by atoms with van der Waals surface area (Å²) in [6, 6.07) is 17.9. The van der Waals surface area contributed by atoms with Crippen LogP contribution in [0.15, 0.2) is 65.6 Å². The first-order valence-electron chi connectivity index (χ1n) is 11.3. The highest BCUT2D eigenvalue weighted by Crippen LogP contribution is 2.26. The number of nitrogens with zero attached hydrogens (tertiary/aromatic N) is 3. The SMILES string of the molecule is Cc1cc(NC(=O)c2ccc(S(=O)(=O)N(C)C3CCCCC3)cc2)n(Cc2ccccc2)n1. The third kappa shape index (κ3) is 5.34. The van der Waals surface area contributed by atoms with Crippen LogP contribution in [0.3, 0.4) is 0 Å². The van der Waals surface area contributed by atoms with Crippen molar-refractivity contribution in [3.8, 4) is 0 Å². The van der Waals surface area contributed by atoms with Crippen molar-refractivity contribution >= 4 is 21.7 Å². The number of hydrogen-bond donors (Lipinski definition) is 1. The van der Waals surface area contributed by atoms with Gasteiger partial charge < -0.3 is 5.32 Å². The first-order valence-corrected chi connectivity index (χ1v) is 12.8. The minimum absolute atomic E-state index is 0.0415. The fraction of sp³-hybridized carbons (Fsp3) is 0.360. The van der Waals surface area contributed by atoms with Crippen molar-refractivity contribution in [2.45, 2.75) is 56.5 Å². The maximum Gasteiger partial charge on any atom is 0.256 e. The lowest BCUT2D eigenvalue weighted by Gasteiger charge is -2.30. The molecule has 4 rings (SSSR count). The van der Waals surface area contributed by atoms with Crippen LogP contribution >= 0.6 is 0 Å². The molecule has 0 atom stereocenters. The Morgan fingerprint density at radius 2 is 1.73 bits per heavy atom. The number of anilines is 1. The van der Waals surface area contributed by atoms with Gasteiger partial charge in [0.25, 0.3) is 5.91 Å². The summed E-state index contributed by atoms with van der Waals surface area (Å²) in [6.07, 6.45) is 5.07. The number of sulfonamides is 1. The molecule has 1 heterocycles. The first-order chi connectivity index (χ1) is 15.8. The van der Waals surface area contributed by atoms with Gasteiger partial charge in [-0.2, -0.15) is 9.40 Å². The van der Waals surface area contributed by atoms with Gasteiger partial charge in [-0.15, -0.1) is 0 Å². The highest BCUT2D eigenvalue weighted by atomic mass is 32.2. The number of aryl methyl sites for hydroxylation is 1. The Labute approximate surface area is 195 Å². The summed E-state index contributed by atoms with van der Waals surface area (Å²) in [5.41, 5.74) is 2.26. The van der Waals surface area contributed by atoms with E-state index < -0.39 is 10.0 Å². The molecular formula is C25H30N4O3S. The summed E-state index contributed by atoms with van der Waals surface area (Å²) in [7, 11) is -1.94. The van der Waals surface area contributed by atoms with Crippen molar-refractivity contribution in [2.24, 2.45) is 0 Å². The first kappa shape index (κ1) is 23.2. The summed E-state index contributed by atoms with van der Waals surface area (Å²) in [5.74, 6) is 0.281. The quantitative estimate of drug-likeness (QED) is 0.558. The van der Waals surface area contributed by atoms with E-state index >= 15 is 0 Å². The van der Waals surface area contributed by atoms with Crippen LogP contribution in [0.1, 0.15) is 53.7 Å². The summed E-state index contributed by atoms with van der Waals surface area (Å²) < 4.78 is 29.3. The molecule has 7 nitrogen and oxygen atoms in total. The predicted octanol–water partition coefficient (Wildman–Crippen LogP) is 4.45. The van der Waals surface area contributed by atoms with Crippen molar-refractivity contribution in [1.82, 2.24) is 14.1 Å². The van der Waals surface area contributed by atoms with E-state index in [0.717, 1.165) is 43.4 Å². The van der Waals surface area contributed by atoms with E-state index in [1.165, 1.54) is 16.4 Å². The molecule has 2 aromatic carbocycles. The van der Waals surface area contributed by atoms with Crippen molar-refractivity contribution in [2.75, 3.05) is 12.4 Å². The van der Waals surface area contributed by atoms with Crippen molar-refractivity contribution < 1.29 is 13.2 Å². The van der Waals surface area contributed by atoms with Gasteiger partial charge in [0.1, 0.15) is 5.82 Å². The van der Waals surface area contributed by atoms with Crippen LogP contribution in [0.2, 0.25) is 0 Å². The van der Waals surface area contributed by atoms with E-state index in [1.807, 2.05) is 43.3 Å². The Hall–Kier alpha value is -2.97. The molecule has 0 bridgehead atoms. The van der Waals surface area contributed by atoms with E-state index in [2.05, 4.69) is 10.4 Å². The Kier molecular flexibility index (Phi) is 6.95. The van der Waals surface area contributed by atoms with Gasteiger partial charge in [0, 0.05) is 24.7 Å². The van der Waals surface area contributed by atoms with Crippen molar-refractivity contribution in [3.63, 3.8) is 0 Å². The molecule has 1 aliphatic carbocycles. The molecule has 0 unspecified atom stereocenters. The molecule has 0 aliphatic heterocycles. The van der Waals surface area contributed by atoms with Crippen LogP contribution in [0.25, 0.3) is 0 Å². The van der Waals surface area contributed by atoms with Crippen LogP contribution in [-0.2, 0) is 16.6 Å². The molecule has 174 valence electrons. The fourth-order valence-corrected chi connectivity index (χ4v) is 5.71. The zero-order valence-corrected chi connectivity index (χ0v) is 19.9. The highest BCUT2D eigenvalue weighted by Gasteiger charge is 2.29. The minimum atomic E-state index is -3.59. The number of amides is 1. The summed E-state index contributed by atoms with van der Waals surface area (Å²) >= 11 is 0. The van der Waals surface area contributed by atoms with E-state index in [1.54, 1.807) is 23.9 Å². The Morgan fingerprint density at radius 1 is 1.06 bits per heavy atom. The number of aromatic nitrogens is 2. The number of carbonyl (C=O) groups excluding carboxylic acids is 1. The molecule has 1 aromatic heterocycles. The molecule has 1 N–H and O–H groups in total. The summed E-state index contributed by atoms with van der Waals surface area (Å²) in [4.78, 5) is 13.1. The van der Waals surface area contributed by atoms with Gasteiger partial charge in [-0.05, 0) is 49.6 Å². The molecular weight excluding hydrogens is 436 g/mol. The molecule has 0 saturated heterocycles. The average molecular weight is 467 g/mol. The standard InChI is InChI=1S/C25H30N4O3S/c1-19-17-24(29(27-19)18-20-9-5-3-6-10-20)26-25(30)21-13-15-23(16-14-21)33(31,32)28(2)22-11-7-4-8-12-22/h3,5-6,9-10,13-17,22H,4,7-8,11-12,18H2,1-2H3,(H,26,30). The summed E-state index contributed by atoms with van der Waals surface area (Å²) in [6.45, 7) is 2.41. The second kappa shape index (κ2) is 9.89. The lowest BCUT2D eigenvalue weighted by atomic mass is 9.96. The van der Waals surface area contributed by atoms with Crippen molar-refractivity contribution in [1.29, 1.82) is 0 Å². The minimum Gasteiger partial charge on any atom is -0.307 e. The van der Waals surface area contributed by atoms with Crippen LogP contribution in [0, 0.1) is 6.92 Å². The molecule has 1 saturated carbocycles. The molecule has 33 heavy (non-hydrogen) atoms. The molecule has 0 spiro atoms. The van der Waals surface area contributed by atoms with E-state index in [9.17, 15) is 13.2 Å². The average Bonchev–Trinajstić information content (AvgIpc) is 3.18. The topological polar surface area (TPSA) is 84.3 Å². The molecule has 8 heteroatoms. The lowest BCUT2D eigenvalue weighted by molar-refractivity contribution is 0.102. The zero-order valence-electron chi connectivity index (χ0n) is 19.1. The zero-order chi connectivity index (χ0) is 23.4. The smallest absolute Gasteiger partial charge is 0.256 e. The summed E-state index contributed by atoms with van der Waals surface area (Å²) in [5, 5.41) is 7.38. The third-order valence-electron chi connectivity index (χ3n) is 6.20. The van der Waals surface area contributed by atoms with Gasteiger partial charge in [0.2, 0.25) is 10.0 Å². The lowest BCUT2D eigenvalue weighted by Crippen LogP contribution is -2.38. The molecule has 1 fully saturated rings. The second-order valence-corrected chi connectivity index (χ2v) is 10.6. The van der Waals surface area contributed by atoms with Crippen LogP contribution < -0.4 is 5.32 Å². The molecule has 1 aliphatic rings. The number of nitrogens with one attached hydrogen (secondary N) is 1. The van der Waals surface area contributed by atoms with E-state index in [0.29, 0.717) is 17.9 Å². The fourth-order valence-electron chi connectivity index (χ4n) is 4.30. The number of benzene rings is 2. The van der Waals surface area contributed by atoms with Crippen LogP contribution in [-0.4, -0.2) is 41.5 Å². The monoisotopic (exact) mass is 466 g/mol. The van der Waals surface area contributed by atoms with E-state index in [4.69, 9.17) is 0 Å². The maximum atomic E-state index is 13.0. The van der Waals surface area contributed by atoms with Crippen molar-refractivity contribution in [3.05, 3.63) is 77.5 Å². The predicted molar refractivity (Wildman–Crippen MR) is 129 cm³/mol. The van der Waals surface area contributed by atoms with Gasteiger partial charge in [-0.25, -0.2) is 13.1 Å². The number of rotatable bonds is 7. The molecule has 0 radical (unpaired) electrons. The number of carbonyl (C=O) groups is 1. The largest absolute Gasteiger partial charge is 0.307 e. The number of hydrogen-bond acceptors (Lipinski definition) is 4. The Balaban J connectivity index is 1.47. The molecule has 3 aromatic rings. The van der Waals surface area contributed by atoms with Gasteiger partial charge in [0.15, 0.2) is 0 Å². The highest BCUT2D eigenvalue weighted by molar-refractivity contribution is 7.89. The normalized spacial score (nSPS) is 15.0. The van der Waals surface area contributed by atoms with E-state index in [-0.39, 0.29) is 16.8 Å². The third-order valence-corrected chi connectivity index (χ3v) is 8.13. The maximum absolute atomic E-state index is 13.0. The van der Waals surface area contributed by atoms with Gasteiger partial charge >= 0.3 is 0 Å². The second-order valence-electron chi connectivity index (χ2n) is 8.61. The van der Waals surface area contributed by atoms with Gasteiger partial charge in [0.05, 0.1) is 17.1 Å². The van der Waals surface area contributed by atoms with Crippen LogP contribution in [0.5, 0.6) is 0 Å². The van der Waals surface area contributed by atoms with Gasteiger partial charge in [-0.1, -0.05) is 49.6 Å². The molecule has 1 amide bonds. The Morgan fingerprint density at radius 3 is 2.39 bits per heavy atom. The van der Waals surface area contributed by atoms with Crippen LogP contribution in [0.4, 0.5) is 5.82 Å². The Bertz CT molecular complexity index is 1200.